The second-order valence-electron chi connectivity index (χ2n) is 4.45. The lowest BCUT2D eigenvalue weighted by Crippen LogP contribution is -1.96. The van der Waals surface area contributed by atoms with E-state index in [4.69, 9.17) is 14.3 Å². The van der Waals surface area contributed by atoms with Gasteiger partial charge in [0.15, 0.2) is 5.69 Å². The third-order valence-electron chi connectivity index (χ3n) is 2.83. The zero-order valence-electron chi connectivity index (χ0n) is 11.0. The number of methoxy groups -OCH3 is 1. The van der Waals surface area contributed by atoms with Crippen molar-refractivity contribution in [2.75, 3.05) is 7.11 Å². The Balaban J connectivity index is 2.42. The second kappa shape index (κ2) is 5.14. The fourth-order valence-corrected chi connectivity index (χ4v) is 1.83. The predicted molar refractivity (Wildman–Crippen MR) is 69.5 cm³/mol. The van der Waals surface area contributed by atoms with Crippen molar-refractivity contribution in [1.29, 1.82) is 0 Å². The molecule has 1 heterocycles. The van der Waals surface area contributed by atoms with E-state index in [9.17, 15) is 4.79 Å². The number of aromatic nitrogens is 1. The topological polar surface area (TPSA) is 72.6 Å². The Morgan fingerprint density at radius 3 is 2.68 bits per heavy atom. The number of hydrogen-bond donors (Lipinski definition) is 1. The highest BCUT2D eigenvalue weighted by atomic mass is 16.5. The zero-order chi connectivity index (χ0) is 14.0. The number of hydrogen-bond acceptors (Lipinski definition) is 4. The molecule has 2 rings (SSSR count). The molecule has 100 valence electrons. The van der Waals surface area contributed by atoms with Gasteiger partial charge < -0.3 is 14.3 Å². The third-order valence-corrected chi connectivity index (χ3v) is 2.83. The number of ether oxygens (including phenoxy) is 1. The summed E-state index contributed by atoms with van der Waals surface area (Å²) in [6, 6.07) is 5.57. The minimum Gasteiger partial charge on any atom is -0.496 e. The van der Waals surface area contributed by atoms with Gasteiger partial charge in [-0.25, -0.2) is 9.78 Å². The molecule has 0 radical (unpaired) electrons. The van der Waals surface area contributed by atoms with Gasteiger partial charge in [0.05, 0.1) is 7.11 Å². The molecular formula is C14H15NO4. The maximum absolute atomic E-state index is 10.8. The highest BCUT2D eigenvalue weighted by Gasteiger charge is 2.14. The molecule has 1 N–H and O–H groups in total. The fourth-order valence-electron chi connectivity index (χ4n) is 1.83. The predicted octanol–water partition coefficient (Wildman–Crippen LogP) is 3.17. The summed E-state index contributed by atoms with van der Waals surface area (Å²) in [6.45, 7) is 4.15. The van der Waals surface area contributed by atoms with Crippen LogP contribution in [0.2, 0.25) is 0 Å². The lowest BCUT2D eigenvalue weighted by molar-refractivity contribution is 0.0690. The molecule has 1 aromatic heterocycles. The van der Waals surface area contributed by atoms with Crippen LogP contribution in [0.25, 0.3) is 11.5 Å². The van der Waals surface area contributed by atoms with Gasteiger partial charge in [0.1, 0.15) is 12.0 Å². The molecule has 0 atom stereocenters. The van der Waals surface area contributed by atoms with Gasteiger partial charge in [0, 0.05) is 5.56 Å². The van der Waals surface area contributed by atoms with Crippen LogP contribution < -0.4 is 4.74 Å². The highest BCUT2D eigenvalue weighted by Crippen LogP contribution is 2.31. The molecule has 0 fully saturated rings. The molecule has 0 saturated heterocycles. The van der Waals surface area contributed by atoms with Gasteiger partial charge in [0.25, 0.3) is 0 Å². The van der Waals surface area contributed by atoms with Crippen LogP contribution in [0.3, 0.4) is 0 Å². The summed E-state index contributed by atoms with van der Waals surface area (Å²) in [5.41, 5.74) is 1.66. The first kappa shape index (κ1) is 13.1. The van der Waals surface area contributed by atoms with E-state index in [2.05, 4.69) is 18.8 Å². The first-order valence-electron chi connectivity index (χ1n) is 5.90. The first-order chi connectivity index (χ1) is 9.02. The average Bonchev–Trinajstić information content (AvgIpc) is 2.87. The molecule has 0 amide bonds. The van der Waals surface area contributed by atoms with Gasteiger partial charge >= 0.3 is 5.97 Å². The van der Waals surface area contributed by atoms with E-state index in [0.29, 0.717) is 11.5 Å². The van der Waals surface area contributed by atoms with Crippen molar-refractivity contribution in [3.63, 3.8) is 0 Å². The number of benzene rings is 1. The highest BCUT2D eigenvalue weighted by molar-refractivity contribution is 5.85. The Hall–Kier alpha value is -2.30. The summed E-state index contributed by atoms with van der Waals surface area (Å²) >= 11 is 0. The van der Waals surface area contributed by atoms with Gasteiger partial charge in [-0.05, 0) is 23.6 Å². The molecule has 0 bridgehead atoms. The molecule has 0 aliphatic heterocycles. The lowest BCUT2D eigenvalue weighted by atomic mass is 10.0. The van der Waals surface area contributed by atoms with Crippen molar-refractivity contribution in [1.82, 2.24) is 4.98 Å². The first-order valence-corrected chi connectivity index (χ1v) is 5.90. The van der Waals surface area contributed by atoms with E-state index in [1.165, 1.54) is 0 Å². The van der Waals surface area contributed by atoms with E-state index in [0.717, 1.165) is 17.6 Å². The largest absolute Gasteiger partial charge is 0.496 e. The Kier molecular flexibility index (Phi) is 3.55. The average molecular weight is 261 g/mol. The lowest BCUT2D eigenvalue weighted by Gasteiger charge is -2.12. The number of carbonyl (C=O) groups is 1. The van der Waals surface area contributed by atoms with E-state index in [-0.39, 0.29) is 11.6 Å². The standard InChI is InChI=1S/C14H15NO4/c1-8(2)10-5-4-9(6-12(10)18-3)13-15-11(7-19-13)14(16)17/h4-8H,1-3H3,(H,16,17). The van der Waals surface area contributed by atoms with Crippen LogP contribution in [-0.2, 0) is 0 Å². The van der Waals surface area contributed by atoms with Crippen molar-refractivity contribution in [2.45, 2.75) is 19.8 Å². The SMILES string of the molecule is COc1cc(-c2nc(C(=O)O)co2)ccc1C(C)C. The fraction of sp³-hybridized carbons (Fsp3) is 0.286. The summed E-state index contributed by atoms with van der Waals surface area (Å²) in [7, 11) is 1.60. The quantitative estimate of drug-likeness (QED) is 0.915. The van der Waals surface area contributed by atoms with Gasteiger partial charge in [0.2, 0.25) is 5.89 Å². The third kappa shape index (κ3) is 2.59. The molecule has 19 heavy (non-hydrogen) atoms. The van der Waals surface area contributed by atoms with Crippen molar-refractivity contribution < 1.29 is 19.1 Å². The number of carboxylic acids is 1. The monoisotopic (exact) mass is 261 g/mol. The van der Waals surface area contributed by atoms with Crippen LogP contribution in [0.1, 0.15) is 35.8 Å². The molecule has 2 aromatic rings. The van der Waals surface area contributed by atoms with E-state index in [1.807, 2.05) is 12.1 Å². The summed E-state index contributed by atoms with van der Waals surface area (Å²) in [5.74, 6) is 0.234. The molecule has 0 aliphatic carbocycles. The van der Waals surface area contributed by atoms with Gasteiger partial charge in [-0.1, -0.05) is 19.9 Å². The van der Waals surface area contributed by atoms with Crippen molar-refractivity contribution in [3.8, 4) is 17.2 Å². The zero-order valence-corrected chi connectivity index (χ0v) is 11.0. The molecule has 0 spiro atoms. The summed E-state index contributed by atoms with van der Waals surface area (Å²) in [4.78, 5) is 14.7. The van der Waals surface area contributed by atoms with Crippen molar-refractivity contribution in [3.05, 3.63) is 35.7 Å². The van der Waals surface area contributed by atoms with Crippen LogP contribution in [0.4, 0.5) is 0 Å². The molecule has 0 unspecified atom stereocenters. The van der Waals surface area contributed by atoms with E-state index < -0.39 is 5.97 Å². The molecule has 1 aromatic carbocycles. The van der Waals surface area contributed by atoms with Crippen molar-refractivity contribution in [2.24, 2.45) is 0 Å². The van der Waals surface area contributed by atoms with Gasteiger partial charge in [-0.2, -0.15) is 0 Å². The normalized spacial score (nSPS) is 10.7. The number of carboxylic acid groups (broad SMARTS) is 1. The maximum Gasteiger partial charge on any atom is 0.357 e. The van der Waals surface area contributed by atoms with Crippen LogP contribution >= 0.6 is 0 Å². The van der Waals surface area contributed by atoms with Crippen LogP contribution in [0, 0.1) is 0 Å². The van der Waals surface area contributed by atoms with Crippen molar-refractivity contribution >= 4 is 5.97 Å². The molecule has 0 saturated carbocycles. The van der Waals surface area contributed by atoms with Crippen LogP contribution in [0.15, 0.2) is 28.9 Å². The van der Waals surface area contributed by atoms with Gasteiger partial charge in [-0.3, -0.25) is 0 Å². The Morgan fingerprint density at radius 2 is 2.16 bits per heavy atom. The smallest absolute Gasteiger partial charge is 0.357 e. The Labute approximate surface area is 110 Å². The van der Waals surface area contributed by atoms with E-state index >= 15 is 0 Å². The molecular weight excluding hydrogens is 246 g/mol. The van der Waals surface area contributed by atoms with E-state index in [1.54, 1.807) is 13.2 Å². The summed E-state index contributed by atoms with van der Waals surface area (Å²) < 4.78 is 10.5. The van der Waals surface area contributed by atoms with Crippen LogP contribution in [-0.4, -0.2) is 23.2 Å². The Morgan fingerprint density at radius 1 is 1.42 bits per heavy atom. The Bertz CT molecular complexity index is 601. The minimum absolute atomic E-state index is 0.109. The summed E-state index contributed by atoms with van der Waals surface area (Å²) in [5, 5.41) is 8.82. The number of oxazole rings is 1. The minimum atomic E-state index is -1.11. The summed E-state index contributed by atoms with van der Waals surface area (Å²) in [6.07, 6.45) is 1.13. The van der Waals surface area contributed by atoms with Gasteiger partial charge in [-0.15, -0.1) is 0 Å². The second-order valence-corrected chi connectivity index (χ2v) is 4.45. The van der Waals surface area contributed by atoms with Crippen LogP contribution in [0.5, 0.6) is 5.75 Å². The number of aromatic carboxylic acids is 1. The number of nitrogens with zero attached hydrogens (tertiary/aromatic N) is 1. The maximum atomic E-state index is 10.8. The molecule has 0 aliphatic rings. The number of rotatable bonds is 4. The molecule has 5 nitrogen and oxygen atoms in total. The molecule has 5 heteroatoms.